The topological polar surface area (TPSA) is 90.5 Å². The first kappa shape index (κ1) is 22.2. The van der Waals surface area contributed by atoms with E-state index in [0.717, 1.165) is 30.5 Å². The van der Waals surface area contributed by atoms with Gasteiger partial charge in [-0.25, -0.2) is 5.48 Å². The van der Waals surface area contributed by atoms with Crippen LogP contribution in [0.5, 0.6) is 0 Å². The van der Waals surface area contributed by atoms with E-state index in [4.69, 9.17) is 5.21 Å². The zero-order chi connectivity index (χ0) is 19.8. The number of rotatable bonds is 5. The first-order valence-corrected chi connectivity index (χ1v) is 9.31. The number of benzene rings is 2. The fourth-order valence-corrected chi connectivity index (χ4v) is 3.16. The zero-order valence-electron chi connectivity index (χ0n) is 15.4. The van der Waals surface area contributed by atoms with Gasteiger partial charge in [0.05, 0.1) is 0 Å². The second-order valence-corrected chi connectivity index (χ2v) is 6.72. The molecule has 0 unspecified atom stereocenters. The summed E-state index contributed by atoms with van der Waals surface area (Å²) >= 11 is 0. The van der Waals surface area contributed by atoms with Gasteiger partial charge in [-0.05, 0) is 62.2 Å². The Balaban J connectivity index is 0.00000300. The zero-order valence-corrected chi connectivity index (χ0v) is 15.4. The molecule has 0 saturated carbocycles. The van der Waals surface area contributed by atoms with Crippen LogP contribution in [0.25, 0.3) is 0 Å². The fourth-order valence-electron chi connectivity index (χ4n) is 3.16. The number of nitrogens with one attached hydrogen (secondary N) is 3. The largest absolute Gasteiger partial charge is 0.340 e. The molecular weight excluding hydrogens is 366 g/mol. The number of carbonyl (C=O) groups excluding carboxylic acids is 2. The molecule has 0 bridgehead atoms. The molecule has 1 aliphatic heterocycles. The molecule has 29 heavy (non-hydrogen) atoms. The number of carbonyl (C=O) groups is 2. The SMILES string of the molecule is C.O=C(N[C@@H](C[C@@H]1CCCN1)C(=O)NO)c1ccc(C#Cc2ccccc2)cc1. The van der Waals surface area contributed by atoms with Crippen LogP contribution in [0.3, 0.4) is 0 Å². The molecular formula is C23H27N3O3. The molecule has 6 heteroatoms. The van der Waals surface area contributed by atoms with E-state index in [1.165, 1.54) is 0 Å². The monoisotopic (exact) mass is 393 g/mol. The van der Waals surface area contributed by atoms with Crippen molar-refractivity contribution in [2.45, 2.75) is 38.8 Å². The van der Waals surface area contributed by atoms with Crippen LogP contribution >= 0.6 is 0 Å². The molecule has 2 aromatic carbocycles. The van der Waals surface area contributed by atoms with Crippen molar-refractivity contribution in [3.05, 3.63) is 71.3 Å². The molecule has 2 aromatic rings. The smallest absolute Gasteiger partial charge is 0.265 e. The minimum absolute atomic E-state index is 0. The van der Waals surface area contributed by atoms with Crippen LogP contribution < -0.4 is 16.1 Å². The van der Waals surface area contributed by atoms with Crippen molar-refractivity contribution < 1.29 is 14.8 Å². The summed E-state index contributed by atoms with van der Waals surface area (Å²) in [4.78, 5) is 24.4. The van der Waals surface area contributed by atoms with Crippen LogP contribution in [-0.4, -0.2) is 35.7 Å². The maximum atomic E-state index is 12.5. The molecule has 4 N–H and O–H groups in total. The first-order valence-electron chi connectivity index (χ1n) is 9.31. The molecule has 0 aromatic heterocycles. The van der Waals surface area contributed by atoms with E-state index in [1.807, 2.05) is 30.3 Å². The molecule has 1 aliphatic rings. The normalized spacial score (nSPS) is 16.0. The third kappa shape index (κ3) is 6.46. The summed E-state index contributed by atoms with van der Waals surface area (Å²) in [6, 6.07) is 15.9. The van der Waals surface area contributed by atoms with Gasteiger partial charge in [0.1, 0.15) is 6.04 Å². The van der Waals surface area contributed by atoms with Gasteiger partial charge in [-0.1, -0.05) is 37.5 Å². The highest BCUT2D eigenvalue weighted by atomic mass is 16.5. The number of hydroxylamine groups is 1. The van der Waals surface area contributed by atoms with Gasteiger partial charge in [-0.15, -0.1) is 0 Å². The third-order valence-corrected chi connectivity index (χ3v) is 4.69. The lowest BCUT2D eigenvalue weighted by Gasteiger charge is -2.20. The summed E-state index contributed by atoms with van der Waals surface area (Å²) in [6.45, 7) is 0.900. The molecule has 3 rings (SSSR count). The second kappa shape index (κ2) is 11.0. The fraction of sp³-hybridized carbons (Fsp3) is 0.304. The molecule has 152 valence electrons. The minimum Gasteiger partial charge on any atom is -0.340 e. The molecule has 0 radical (unpaired) electrons. The molecule has 6 nitrogen and oxygen atoms in total. The van der Waals surface area contributed by atoms with E-state index in [9.17, 15) is 9.59 Å². The van der Waals surface area contributed by atoms with Gasteiger partial charge < -0.3 is 10.6 Å². The highest BCUT2D eigenvalue weighted by Gasteiger charge is 2.26. The second-order valence-electron chi connectivity index (χ2n) is 6.72. The number of hydrogen-bond donors (Lipinski definition) is 4. The van der Waals surface area contributed by atoms with Gasteiger partial charge in [0.15, 0.2) is 0 Å². The van der Waals surface area contributed by atoms with Gasteiger partial charge in [0, 0.05) is 22.7 Å². The van der Waals surface area contributed by atoms with Gasteiger partial charge >= 0.3 is 0 Å². The quantitative estimate of drug-likeness (QED) is 0.357. The van der Waals surface area contributed by atoms with Gasteiger partial charge in [-0.2, -0.15) is 0 Å². The van der Waals surface area contributed by atoms with Crippen LogP contribution in [0.1, 0.15) is 48.2 Å². The van der Waals surface area contributed by atoms with Crippen molar-refractivity contribution in [3.8, 4) is 11.8 Å². The van der Waals surface area contributed by atoms with Crippen LogP contribution in [0, 0.1) is 11.8 Å². The Morgan fingerprint density at radius 1 is 1.07 bits per heavy atom. The Kier molecular flexibility index (Phi) is 8.41. The average Bonchev–Trinajstić information content (AvgIpc) is 3.25. The lowest BCUT2D eigenvalue weighted by Crippen LogP contribution is -2.48. The Bertz CT molecular complexity index is 864. The lowest BCUT2D eigenvalue weighted by molar-refractivity contribution is -0.131. The van der Waals surface area contributed by atoms with Crippen molar-refractivity contribution in [3.63, 3.8) is 0 Å². The maximum absolute atomic E-state index is 12.5. The molecule has 1 heterocycles. The standard InChI is InChI=1S/C22H23N3O3.CH4/c26-21(24-20(22(27)25-28)15-19-7-4-14-23-19)18-12-10-17(11-13-18)9-8-16-5-2-1-3-6-16;/h1-3,5-6,10-13,19-20,23,28H,4,7,14-15H2,(H,24,26)(H,25,27);1H4/t19-,20-;/m0./s1. The Hall–Kier alpha value is -3.14. The number of hydrogen-bond acceptors (Lipinski definition) is 4. The van der Waals surface area contributed by atoms with E-state index in [1.54, 1.807) is 29.7 Å². The van der Waals surface area contributed by atoms with Crippen molar-refractivity contribution in [1.29, 1.82) is 0 Å². The van der Waals surface area contributed by atoms with Crippen molar-refractivity contribution in [1.82, 2.24) is 16.1 Å². The van der Waals surface area contributed by atoms with Crippen molar-refractivity contribution >= 4 is 11.8 Å². The molecule has 0 spiro atoms. The lowest BCUT2D eigenvalue weighted by atomic mass is 10.0. The molecule has 1 fully saturated rings. The Morgan fingerprint density at radius 2 is 1.72 bits per heavy atom. The predicted molar refractivity (Wildman–Crippen MR) is 112 cm³/mol. The highest BCUT2D eigenvalue weighted by molar-refractivity contribution is 5.97. The van der Waals surface area contributed by atoms with Crippen LogP contribution in [0.4, 0.5) is 0 Å². The summed E-state index contributed by atoms with van der Waals surface area (Å²) in [5, 5.41) is 15.0. The minimum atomic E-state index is -0.800. The predicted octanol–water partition coefficient (Wildman–Crippen LogP) is 2.47. The van der Waals surface area contributed by atoms with E-state index in [2.05, 4.69) is 22.5 Å². The Morgan fingerprint density at radius 3 is 2.31 bits per heavy atom. The van der Waals surface area contributed by atoms with Gasteiger partial charge in [0.2, 0.25) is 0 Å². The van der Waals surface area contributed by atoms with Gasteiger partial charge in [0.25, 0.3) is 11.8 Å². The summed E-state index contributed by atoms with van der Waals surface area (Å²) < 4.78 is 0. The van der Waals surface area contributed by atoms with E-state index >= 15 is 0 Å². The van der Waals surface area contributed by atoms with Gasteiger partial charge in [-0.3, -0.25) is 14.8 Å². The Labute approximate surface area is 171 Å². The van der Waals surface area contributed by atoms with Crippen molar-refractivity contribution in [2.75, 3.05) is 6.54 Å². The highest BCUT2D eigenvalue weighted by Crippen LogP contribution is 2.12. The maximum Gasteiger partial charge on any atom is 0.265 e. The van der Waals surface area contributed by atoms with Crippen LogP contribution in [-0.2, 0) is 4.79 Å². The summed E-state index contributed by atoms with van der Waals surface area (Å²) in [5.41, 5.74) is 3.78. The summed E-state index contributed by atoms with van der Waals surface area (Å²) in [7, 11) is 0. The van der Waals surface area contributed by atoms with Crippen LogP contribution in [0.2, 0.25) is 0 Å². The molecule has 2 atom stereocenters. The molecule has 1 saturated heterocycles. The first-order chi connectivity index (χ1) is 13.7. The summed E-state index contributed by atoms with van der Waals surface area (Å²) in [5.74, 6) is 5.14. The van der Waals surface area contributed by atoms with E-state index in [0.29, 0.717) is 12.0 Å². The average molecular weight is 393 g/mol. The van der Waals surface area contributed by atoms with E-state index < -0.39 is 11.9 Å². The molecule has 0 aliphatic carbocycles. The van der Waals surface area contributed by atoms with Crippen molar-refractivity contribution in [2.24, 2.45) is 0 Å². The molecule has 2 amide bonds. The number of amides is 2. The van der Waals surface area contributed by atoms with E-state index in [-0.39, 0.29) is 19.4 Å². The van der Waals surface area contributed by atoms with Crippen LogP contribution in [0.15, 0.2) is 54.6 Å². The summed E-state index contributed by atoms with van der Waals surface area (Å²) in [6.07, 6.45) is 2.41. The third-order valence-electron chi connectivity index (χ3n) is 4.69.